The van der Waals surface area contributed by atoms with E-state index in [2.05, 4.69) is 0 Å². The van der Waals surface area contributed by atoms with Crippen molar-refractivity contribution in [2.75, 3.05) is 0 Å². The summed E-state index contributed by atoms with van der Waals surface area (Å²) in [5, 5.41) is 0.694. The second-order valence-corrected chi connectivity index (χ2v) is 5.14. The molecule has 0 aromatic heterocycles. The Kier molecular flexibility index (Phi) is 3.50. The van der Waals surface area contributed by atoms with Gasteiger partial charge in [0.25, 0.3) is 0 Å². The molecule has 0 heterocycles. The fourth-order valence-electron chi connectivity index (χ4n) is 2.40. The first-order valence-corrected chi connectivity index (χ1v) is 6.17. The van der Waals surface area contributed by atoms with Crippen LogP contribution in [0.5, 0.6) is 0 Å². The Bertz CT molecular complexity index is 384. The van der Waals surface area contributed by atoms with Crippen molar-refractivity contribution in [1.82, 2.24) is 0 Å². The van der Waals surface area contributed by atoms with Crippen LogP contribution in [0.4, 0.5) is 4.39 Å². The van der Waals surface area contributed by atoms with Gasteiger partial charge in [0, 0.05) is 11.1 Å². The molecule has 0 spiro atoms. The zero-order chi connectivity index (χ0) is 11.7. The second kappa shape index (κ2) is 4.72. The summed E-state index contributed by atoms with van der Waals surface area (Å²) < 4.78 is 13.5. The summed E-state index contributed by atoms with van der Waals surface area (Å²) in [5.41, 5.74) is 7.43. The average molecular weight is 242 g/mol. The Hall–Kier alpha value is -0.600. The van der Waals surface area contributed by atoms with Crippen molar-refractivity contribution in [1.29, 1.82) is 0 Å². The molecule has 1 saturated carbocycles. The van der Waals surface area contributed by atoms with E-state index in [1.807, 2.05) is 0 Å². The Labute approximate surface area is 101 Å². The molecule has 0 atom stereocenters. The van der Waals surface area contributed by atoms with Crippen LogP contribution in [0.3, 0.4) is 0 Å². The normalized spacial score (nSPS) is 25.8. The largest absolute Gasteiger partial charge is 0.328 e. The number of aryl methyl sites for hydroxylation is 1. The average Bonchev–Trinajstić information content (AvgIpc) is 2.25. The van der Waals surface area contributed by atoms with Crippen molar-refractivity contribution in [3.05, 3.63) is 34.1 Å². The third-order valence-corrected chi connectivity index (χ3v) is 3.82. The van der Waals surface area contributed by atoms with Crippen LogP contribution in [0.1, 0.15) is 42.7 Å². The third kappa shape index (κ3) is 2.38. The smallest absolute Gasteiger partial charge is 0.126 e. The van der Waals surface area contributed by atoms with Crippen LogP contribution < -0.4 is 5.73 Å². The lowest BCUT2D eigenvalue weighted by molar-refractivity contribution is 0.394. The molecule has 0 aliphatic heterocycles. The van der Waals surface area contributed by atoms with Gasteiger partial charge in [0.05, 0.1) is 0 Å². The Balaban J connectivity index is 2.23. The van der Waals surface area contributed by atoms with Crippen molar-refractivity contribution in [3.8, 4) is 0 Å². The number of rotatable bonds is 1. The van der Waals surface area contributed by atoms with E-state index in [4.69, 9.17) is 17.3 Å². The third-order valence-electron chi connectivity index (χ3n) is 3.49. The first kappa shape index (κ1) is 11.9. The van der Waals surface area contributed by atoms with Gasteiger partial charge in [-0.15, -0.1) is 0 Å². The monoisotopic (exact) mass is 241 g/mol. The Morgan fingerprint density at radius 2 is 1.88 bits per heavy atom. The summed E-state index contributed by atoms with van der Waals surface area (Å²) in [6, 6.07) is 3.63. The standard InChI is InChI=1S/C13H17ClFN/c1-8-6-12(14)11(7-13(8)15)9-2-4-10(16)5-3-9/h6-7,9-10H,2-5,16H2,1H3. The van der Waals surface area contributed by atoms with Gasteiger partial charge in [-0.1, -0.05) is 11.6 Å². The first-order valence-electron chi connectivity index (χ1n) is 5.79. The molecule has 0 bridgehead atoms. The van der Waals surface area contributed by atoms with E-state index in [1.165, 1.54) is 0 Å². The molecule has 0 radical (unpaired) electrons. The molecule has 1 aliphatic rings. The van der Waals surface area contributed by atoms with Crippen LogP contribution in [0.25, 0.3) is 0 Å². The molecule has 1 aromatic rings. The number of hydrogen-bond acceptors (Lipinski definition) is 1. The van der Waals surface area contributed by atoms with Crippen LogP contribution >= 0.6 is 11.6 Å². The highest BCUT2D eigenvalue weighted by Crippen LogP contribution is 2.36. The summed E-state index contributed by atoms with van der Waals surface area (Å²) >= 11 is 6.17. The van der Waals surface area contributed by atoms with Crippen LogP contribution in [0.15, 0.2) is 12.1 Å². The molecule has 3 heteroatoms. The van der Waals surface area contributed by atoms with E-state index in [9.17, 15) is 4.39 Å². The topological polar surface area (TPSA) is 26.0 Å². The highest BCUT2D eigenvalue weighted by atomic mass is 35.5. The quantitative estimate of drug-likeness (QED) is 0.796. The minimum Gasteiger partial charge on any atom is -0.328 e. The summed E-state index contributed by atoms with van der Waals surface area (Å²) in [5.74, 6) is 0.219. The summed E-state index contributed by atoms with van der Waals surface area (Å²) in [4.78, 5) is 0. The van der Waals surface area contributed by atoms with Gasteiger partial charge in [-0.2, -0.15) is 0 Å². The van der Waals surface area contributed by atoms with Gasteiger partial charge < -0.3 is 5.73 Å². The van der Waals surface area contributed by atoms with E-state index in [0.717, 1.165) is 31.2 Å². The molecule has 1 aliphatic carbocycles. The van der Waals surface area contributed by atoms with Crippen LogP contribution in [0, 0.1) is 12.7 Å². The molecule has 88 valence electrons. The molecule has 0 amide bonds. The van der Waals surface area contributed by atoms with Gasteiger partial charge in [-0.05, 0) is 61.8 Å². The maximum Gasteiger partial charge on any atom is 0.126 e. The van der Waals surface area contributed by atoms with E-state index >= 15 is 0 Å². The zero-order valence-electron chi connectivity index (χ0n) is 9.47. The lowest BCUT2D eigenvalue weighted by atomic mass is 9.82. The molecule has 1 fully saturated rings. The van der Waals surface area contributed by atoms with Crippen LogP contribution in [-0.2, 0) is 0 Å². The van der Waals surface area contributed by atoms with Gasteiger partial charge in [-0.3, -0.25) is 0 Å². The van der Waals surface area contributed by atoms with Crippen molar-refractivity contribution in [2.45, 2.75) is 44.6 Å². The summed E-state index contributed by atoms with van der Waals surface area (Å²) in [6.45, 7) is 1.74. The highest BCUT2D eigenvalue weighted by molar-refractivity contribution is 6.31. The number of hydrogen-bond donors (Lipinski definition) is 1. The summed E-state index contributed by atoms with van der Waals surface area (Å²) in [7, 11) is 0. The fourth-order valence-corrected chi connectivity index (χ4v) is 2.78. The number of halogens is 2. The second-order valence-electron chi connectivity index (χ2n) is 4.73. The lowest BCUT2D eigenvalue weighted by Gasteiger charge is -2.27. The van der Waals surface area contributed by atoms with E-state index in [-0.39, 0.29) is 5.82 Å². The van der Waals surface area contributed by atoms with Crippen LogP contribution in [-0.4, -0.2) is 6.04 Å². The van der Waals surface area contributed by atoms with Crippen molar-refractivity contribution in [2.24, 2.45) is 5.73 Å². The van der Waals surface area contributed by atoms with Crippen molar-refractivity contribution < 1.29 is 4.39 Å². The highest BCUT2D eigenvalue weighted by Gasteiger charge is 2.22. The van der Waals surface area contributed by atoms with Gasteiger partial charge in [0.1, 0.15) is 5.82 Å². The summed E-state index contributed by atoms with van der Waals surface area (Å²) in [6.07, 6.45) is 4.06. The Morgan fingerprint density at radius 1 is 1.25 bits per heavy atom. The SMILES string of the molecule is Cc1cc(Cl)c(C2CCC(N)CC2)cc1F. The van der Waals surface area contributed by atoms with Gasteiger partial charge in [0.15, 0.2) is 0 Å². The van der Waals surface area contributed by atoms with Crippen molar-refractivity contribution in [3.63, 3.8) is 0 Å². The predicted octanol–water partition coefficient (Wildman–Crippen LogP) is 3.77. The molecule has 2 N–H and O–H groups in total. The van der Waals surface area contributed by atoms with Gasteiger partial charge >= 0.3 is 0 Å². The lowest BCUT2D eigenvalue weighted by Crippen LogP contribution is -2.25. The molecule has 1 nitrogen and oxygen atoms in total. The van der Waals surface area contributed by atoms with Gasteiger partial charge in [0.2, 0.25) is 0 Å². The Morgan fingerprint density at radius 3 is 2.50 bits per heavy atom. The number of benzene rings is 1. The molecular formula is C13H17ClFN. The maximum absolute atomic E-state index is 13.5. The first-order chi connectivity index (χ1) is 7.58. The van der Waals surface area contributed by atoms with E-state index in [0.29, 0.717) is 22.5 Å². The van der Waals surface area contributed by atoms with Crippen LogP contribution in [0.2, 0.25) is 5.02 Å². The number of nitrogens with two attached hydrogens (primary N) is 1. The van der Waals surface area contributed by atoms with Gasteiger partial charge in [-0.25, -0.2) is 4.39 Å². The molecular weight excluding hydrogens is 225 g/mol. The minimum absolute atomic E-state index is 0.158. The molecule has 16 heavy (non-hydrogen) atoms. The zero-order valence-corrected chi connectivity index (χ0v) is 10.2. The molecule has 0 unspecified atom stereocenters. The maximum atomic E-state index is 13.5. The van der Waals surface area contributed by atoms with E-state index < -0.39 is 0 Å². The predicted molar refractivity (Wildman–Crippen MR) is 65.3 cm³/mol. The molecule has 2 rings (SSSR count). The van der Waals surface area contributed by atoms with E-state index in [1.54, 1.807) is 19.1 Å². The fraction of sp³-hybridized carbons (Fsp3) is 0.538. The molecule has 1 aromatic carbocycles. The van der Waals surface area contributed by atoms with Crippen molar-refractivity contribution >= 4 is 11.6 Å². The molecule has 0 saturated heterocycles. The minimum atomic E-state index is -0.158.